The van der Waals surface area contributed by atoms with E-state index in [1.54, 1.807) is 12.1 Å². The maximum Gasteiger partial charge on any atom is 0.263 e. The number of hydrogen-bond acceptors (Lipinski definition) is 4. The molecule has 0 aliphatic rings. The van der Waals surface area contributed by atoms with Gasteiger partial charge in [0.25, 0.3) is 5.91 Å². The van der Waals surface area contributed by atoms with Crippen LogP contribution in [0.25, 0.3) is 0 Å². The summed E-state index contributed by atoms with van der Waals surface area (Å²) in [6, 6.07) is 5.78. The Morgan fingerprint density at radius 3 is 2.64 bits per heavy atom. The van der Waals surface area contributed by atoms with Crippen LogP contribution in [-0.2, 0) is 0 Å². The third kappa shape index (κ3) is 4.27. The van der Waals surface area contributed by atoms with Crippen LogP contribution in [0.4, 0.5) is 4.39 Å². The molecule has 0 fully saturated rings. The van der Waals surface area contributed by atoms with Crippen molar-refractivity contribution in [3.8, 4) is 5.75 Å². The van der Waals surface area contributed by atoms with Gasteiger partial charge in [0.1, 0.15) is 23.1 Å². The predicted molar refractivity (Wildman–Crippen MR) is 85.2 cm³/mol. The molecule has 2 aromatic rings. The number of aryl methyl sites for hydroxylation is 1. The summed E-state index contributed by atoms with van der Waals surface area (Å²) < 4.78 is 18.2. The van der Waals surface area contributed by atoms with Crippen LogP contribution in [0.1, 0.15) is 40.1 Å². The summed E-state index contributed by atoms with van der Waals surface area (Å²) >= 11 is 1.43. The first-order valence-electron chi connectivity index (χ1n) is 7.11. The van der Waals surface area contributed by atoms with Crippen molar-refractivity contribution in [1.82, 2.24) is 10.3 Å². The molecule has 0 saturated heterocycles. The van der Waals surface area contributed by atoms with E-state index in [1.807, 2.05) is 6.92 Å². The second-order valence-corrected chi connectivity index (χ2v) is 6.21. The number of nitrogens with zero attached hydrogens (tertiary/aromatic N) is 1. The van der Waals surface area contributed by atoms with Crippen molar-refractivity contribution in [3.63, 3.8) is 0 Å². The summed E-state index contributed by atoms with van der Waals surface area (Å²) in [7, 11) is 0. The SMILES string of the molecule is Cc1nc(C(C)C)sc1C(=O)NCCOc1ccc(F)cc1. The number of nitrogens with one attached hydrogen (secondary N) is 1. The standard InChI is InChI=1S/C16H19FN2O2S/c1-10(2)16-19-11(3)14(22-16)15(20)18-8-9-21-13-6-4-12(17)5-7-13/h4-7,10H,8-9H2,1-3H3,(H,18,20). The number of carbonyl (C=O) groups excluding carboxylic acids is 1. The van der Waals surface area contributed by atoms with Gasteiger partial charge >= 0.3 is 0 Å². The van der Waals surface area contributed by atoms with Gasteiger partial charge in [-0.05, 0) is 31.2 Å². The van der Waals surface area contributed by atoms with Crippen LogP contribution in [-0.4, -0.2) is 24.0 Å². The Labute approximate surface area is 133 Å². The molecule has 1 aromatic heterocycles. The van der Waals surface area contributed by atoms with Gasteiger partial charge in [0.05, 0.1) is 17.2 Å². The highest BCUT2D eigenvalue weighted by molar-refractivity contribution is 7.13. The van der Waals surface area contributed by atoms with Crippen LogP contribution < -0.4 is 10.1 Å². The van der Waals surface area contributed by atoms with Gasteiger partial charge in [0.2, 0.25) is 0 Å². The number of rotatable bonds is 6. The Bertz CT molecular complexity index is 638. The number of halogens is 1. The van der Waals surface area contributed by atoms with E-state index in [4.69, 9.17) is 4.74 Å². The number of aromatic nitrogens is 1. The van der Waals surface area contributed by atoms with Crippen molar-refractivity contribution in [2.75, 3.05) is 13.2 Å². The van der Waals surface area contributed by atoms with Crippen LogP contribution in [0.2, 0.25) is 0 Å². The molecular weight excluding hydrogens is 303 g/mol. The van der Waals surface area contributed by atoms with Gasteiger partial charge in [-0.15, -0.1) is 11.3 Å². The van der Waals surface area contributed by atoms with Gasteiger partial charge in [-0.25, -0.2) is 9.37 Å². The van der Waals surface area contributed by atoms with Gasteiger partial charge in [-0.1, -0.05) is 13.8 Å². The summed E-state index contributed by atoms with van der Waals surface area (Å²) in [6.07, 6.45) is 0. The fraction of sp³-hybridized carbons (Fsp3) is 0.375. The summed E-state index contributed by atoms with van der Waals surface area (Å²) in [5.41, 5.74) is 0.755. The maximum atomic E-state index is 12.7. The number of hydrogen-bond donors (Lipinski definition) is 1. The predicted octanol–water partition coefficient (Wildman–Crippen LogP) is 3.52. The van der Waals surface area contributed by atoms with E-state index in [-0.39, 0.29) is 11.7 Å². The van der Waals surface area contributed by atoms with E-state index in [0.717, 1.165) is 10.7 Å². The van der Waals surface area contributed by atoms with Crippen LogP contribution in [0.5, 0.6) is 5.75 Å². The molecule has 0 atom stereocenters. The van der Waals surface area contributed by atoms with Crippen LogP contribution >= 0.6 is 11.3 Å². The fourth-order valence-corrected chi connectivity index (χ4v) is 2.81. The number of amides is 1. The molecular formula is C16H19FN2O2S. The average molecular weight is 322 g/mol. The molecule has 0 spiro atoms. The normalized spacial score (nSPS) is 10.8. The van der Waals surface area contributed by atoms with Gasteiger partial charge in [-0.2, -0.15) is 0 Å². The lowest BCUT2D eigenvalue weighted by Crippen LogP contribution is -2.27. The molecule has 0 aliphatic carbocycles. The Hall–Kier alpha value is -1.95. The van der Waals surface area contributed by atoms with Gasteiger partial charge in [0, 0.05) is 5.92 Å². The second-order valence-electron chi connectivity index (χ2n) is 5.18. The third-order valence-electron chi connectivity index (χ3n) is 2.98. The van der Waals surface area contributed by atoms with Crippen LogP contribution in [0.3, 0.4) is 0 Å². The summed E-state index contributed by atoms with van der Waals surface area (Å²) in [5.74, 6) is 0.450. The monoisotopic (exact) mass is 322 g/mol. The Morgan fingerprint density at radius 1 is 1.36 bits per heavy atom. The van der Waals surface area contributed by atoms with E-state index in [9.17, 15) is 9.18 Å². The van der Waals surface area contributed by atoms with Crippen molar-refractivity contribution < 1.29 is 13.9 Å². The zero-order valence-electron chi connectivity index (χ0n) is 12.9. The highest BCUT2D eigenvalue weighted by atomic mass is 32.1. The first-order valence-corrected chi connectivity index (χ1v) is 7.93. The number of carbonyl (C=O) groups is 1. The molecule has 2 rings (SSSR count). The van der Waals surface area contributed by atoms with Crippen molar-refractivity contribution in [1.29, 1.82) is 0 Å². The van der Waals surface area contributed by atoms with Crippen molar-refractivity contribution in [3.05, 3.63) is 45.7 Å². The molecule has 22 heavy (non-hydrogen) atoms. The average Bonchev–Trinajstić information content (AvgIpc) is 2.87. The van der Waals surface area contributed by atoms with Crippen molar-refractivity contribution in [2.24, 2.45) is 0 Å². The highest BCUT2D eigenvalue weighted by Gasteiger charge is 2.16. The molecule has 1 heterocycles. The van der Waals surface area contributed by atoms with E-state index in [2.05, 4.69) is 24.1 Å². The van der Waals surface area contributed by atoms with E-state index in [0.29, 0.717) is 29.7 Å². The lowest BCUT2D eigenvalue weighted by atomic mass is 10.2. The molecule has 0 unspecified atom stereocenters. The van der Waals surface area contributed by atoms with Gasteiger partial charge in [-0.3, -0.25) is 4.79 Å². The van der Waals surface area contributed by atoms with Crippen LogP contribution in [0.15, 0.2) is 24.3 Å². The number of ether oxygens (including phenoxy) is 1. The molecule has 1 aromatic carbocycles. The topological polar surface area (TPSA) is 51.2 Å². The molecule has 118 valence electrons. The Kier molecular flexibility index (Phi) is 5.49. The molecule has 0 saturated carbocycles. The lowest BCUT2D eigenvalue weighted by molar-refractivity contribution is 0.0950. The molecule has 0 radical (unpaired) electrons. The van der Waals surface area contributed by atoms with E-state index >= 15 is 0 Å². The van der Waals surface area contributed by atoms with E-state index < -0.39 is 0 Å². The van der Waals surface area contributed by atoms with Gasteiger partial charge < -0.3 is 10.1 Å². The summed E-state index contributed by atoms with van der Waals surface area (Å²) in [6.45, 7) is 6.65. The Morgan fingerprint density at radius 2 is 2.05 bits per heavy atom. The zero-order chi connectivity index (χ0) is 16.1. The first kappa shape index (κ1) is 16.4. The minimum Gasteiger partial charge on any atom is -0.492 e. The largest absolute Gasteiger partial charge is 0.492 e. The lowest BCUT2D eigenvalue weighted by Gasteiger charge is -2.07. The molecule has 1 amide bonds. The fourth-order valence-electron chi connectivity index (χ4n) is 1.82. The minimum atomic E-state index is -0.303. The summed E-state index contributed by atoms with van der Waals surface area (Å²) in [5, 5.41) is 3.77. The molecule has 6 heteroatoms. The maximum absolute atomic E-state index is 12.7. The van der Waals surface area contributed by atoms with E-state index in [1.165, 1.54) is 23.5 Å². The number of benzene rings is 1. The first-order chi connectivity index (χ1) is 10.5. The quantitative estimate of drug-likeness (QED) is 0.828. The molecule has 0 bridgehead atoms. The van der Waals surface area contributed by atoms with Crippen molar-refractivity contribution in [2.45, 2.75) is 26.7 Å². The third-order valence-corrected chi connectivity index (χ3v) is 4.44. The van der Waals surface area contributed by atoms with Gasteiger partial charge in [0.15, 0.2) is 0 Å². The molecule has 0 aliphatic heterocycles. The Balaban J connectivity index is 1.81. The molecule has 1 N–H and O–H groups in total. The number of thiazole rings is 1. The second kappa shape index (κ2) is 7.35. The molecule has 4 nitrogen and oxygen atoms in total. The minimum absolute atomic E-state index is 0.135. The van der Waals surface area contributed by atoms with Crippen LogP contribution in [0, 0.1) is 12.7 Å². The zero-order valence-corrected chi connectivity index (χ0v) is 13.7. The summed E-state index contributed by atoms with van der Waals surface area (Å²) in [4.78, 5) is 17.2. The highest BCUT2D eigenvalue weighted by Crippen LogP contribution is 2.24. The van der Waals surface area contributed by atoms with Crippen molar-refractivity contribution >= 4 is 17.2 Å². The smallest absolute Gasteiger partial charge is 0.263 e.